The molecule has 5 nitrogen and oxygen atoms in total. The summed E-state index contributed by atoms with van der Waals surface area (Å²) in [5.74, 6) is 1.19. The summed E-state index contributed by atoms with van der Waals surface area (Å²) in [6, 6.07) is 18.0. The molecule has 0 saturated carbocycles. The molecular formula is C17H13N5. The van der Waals surface area contributed by atoms with Crippen molar-refractivity contribution < 1.29 is 0 Å². The Morgan fingerprint density at radius 3 is 2.36 bits per heavy atom. The minimum atomic E-state index is 0.497. The van der Waals surface area contributed by atoms with E-state index < -0.39 is 0 Å². The second-order valence-corrected chi connectivity index (χ2v) is 5.11. The molecule has 4 rings (SSSR count). The lowest BCUT2D eigenvalue weighted by Gasteiger charge is -2.02. The topological polar surface area (TPSA) is 56.0 Å². The lowest BCUT2D eigenvalue weighted by Crippen LogP contribution is -1.98. The monoisotopic (exact) mass is 287 g/mol. The van der Waals surface area contributed by atoms with E-state index in [1.807, 2.05) is 54.6 Å². The summed E-state index contributed by atoms with van der Waals surface area (Å²) in [5, 5.41) is 12.8. The minimum absolute atomic E-state index is 0.497. The van der Waals surface area contributed by atoms with E-state index in [1.54, 1.807) is 10.7 Å². The number of aromatic nitrogens is 5. The molecule has 0 aliphatic heterocycles. The second kappa shape index (κ2) is 5.04. The molecule has 22 heavy (non-hydrogen) atoms. The Hall–Kier alpha value is -3.08. The Kier molecular flexibility index (Phi) is 2.89. The van der Waals surface area contributed by atoms with Crippen molar-refractivity contribution in [2.45, 2.75) is 6.92 Å². The molecule has 0 aliphatic carbocycles. The van der Waals surface area contributed by atoms with Gasteiger partial charge in [-0.2, -0.15) is 9.61 Å². The van der Waals surface area contributed by atoms with Gasteiger partial charge in [-0.3, -0.25) is 0 Å². The van der Waals surface area contributed by atoms with E-state index in [2.05, 4.69) is 27.2 Å². The maximum Gasteiger partial charge on any atom is 0.272 e. The van der Waals surface area contributed by atoms with E-state index in [0.29, 0.717) is 11.6 Å². The Morgan fingerprint density at radius 2 is 1.59 bits per heavy atom. The van der Waals surface area contributed by atoms with E-state index in [9.17, 15) is 0 Å². The summed E-state index contributed by atoms with van der Waals surface area (Å²) in [4.78, 5) is 4.54. The van der Waals surface area contributed by atoms with Crippen LogP contribution in [0.4, 0.5) is 0 Å². The first kappa shape index (κ1) is 12.6. The summed E-state index contributed by atoms with van der Waals surface area (Å²) < 4.78 is 1.66. The van der Waals surface area contributed by atoms with Crippen LogP contribution in [0.1, 0.15) is 5.56 Å². The molecule has 0 fully saturated rings. The zero-order valence-corrected chi connectivity index (χ0v) is 12.0. The summed E-state index contributed by atoms with van der Waals surface area (Å²) >= 11 is 0. The molecule has 0 bridgehead atoms. The average molecular weight is 287 g/mol. The third-order valence-electron chi connectivity index (χ3n) is 3.52. The van der Waals surface area contributed by atoms with E-state index in [0.717, 1.165) is 16.8 Å². The largest absolute Gasteiger partial charge is 0.272 e. The van der Waals surface area contributed by atoms with E-state index in [4.69, 9.17) is 0 Å². The number of hydrogen-bond acceptors (Lipinski definition) is 4. The molecule has 2 aromatic carbocycles. The van der Waals surface area contributed by atoms with Crippen molar-refractivity contribution in [3.05, 3.63) is 66.4 Å². The standard InChI is InChI=1S/C17H13N5/c1-12-7-9-14(10-8-12)16-20-21-17-19-15(11-18-22(16)17)13-5-3-2-4-6-13/h2-11H,1H3. The van der Waals surface area contributed by atoms with Gasteiger partial charge >= 0.3 is 0 Å². The highest BCUT2D eigenvalue weighted by Crippen LogP contribution is 2.20. The number of hydrogen-bond donors (Lipinski definition) is 0. The van der Waals surface area contributed by atoms with Crippen LogP contribution in [-0.2, 0) is 0 Å². The third kappa shape index (κ3) is 2.13. The molecule has 106 valence electrons. The molecule has 0 spiro atoms. The Morgan fingerprint density at radius 1 is 0.818 bits per heavy atom. The summed E-state index contributed by atoms with van der Waals surface area (Å²) in [5.41, 5.74) is 3.98. The molecule has 0 amide bonds. The summed E-state index contributed by atoms with van der Waals surface area (Å²) in [6.07, 6.45) is 1.74. The molecule has 5 heteroatoms. The first-order chi connectivity index (χ1) is 10.8. The van der Waals surface area contributed by atoms with E-state index >= 15 is 0 Å². The zero-order chi connectivity index (χ0) is 14.9. The maximum absolute atomic E-state index is 4.54. The molecule has 0 aliphatic rings. The van der Waals surface area contributed by atoms with Crippen molar-refractivity contribution in [1.82, 2.24) is 24.8 Å². The number of fused-ring (bicyclic) bond motifs is 1. The first-order valence-corrected chi connectivity index (χ1v) is 7.02. The van der Waals surface area contributed by atoms with Crippen molar-refractivity contribution in [3.8, 4) is 22.6 Å². The Labute approximate surface area is 127 Å². The van der Waals surface area contributed by atoms with Crippen LogP contribution >= 0.6 is 0 Å². The molecular weight excluding hydrogens is 274 g/mol. The highest BCUT2D eigenvalue weighted by Gasteiger charge is 2.11. The van der Waals surface area contributed by atoms with Gasteiger partial charge in [-0.15, -0.1) is 10.2 Å². The predicted octanol–water partition coefficient (Wildman–Crippen LogP) is 3.16. The van der Waals surface area contributed by atoms with Gasteiger partial charge in [0.25, 0.3) is 5.78 Å². The lowest BCUT2D eigenvalue weighted by atomic mass is 10.1. The maximum atomic E-state index is 4.54. The quantitative estimate of drug-likeness (QED) is 0.568. The summed E-state index contributed by atoms with van der Waals surface area (Å²) in [7, 11) is 0. The lowest BCUT2D eigenvalue weighted by molar-refractivity contribution is 0.909. The molecule has 0 unspecified atom stereocenters. The number of rotatable bonds is 2. The number of benzene rings is 2. The van der Waals surface area contributed by atoms with Gasteiger partial charge in [-0.05, 0) is 6.92 Å². The van der Waals surface area contributed by atoms with Gasteiger partial charge in [-0.1, -0.05) is 60.2 Å². The number of nitrogens with zero attached hydrogens (tertiary/aromatic N) is 5. The molecule has 2 aromatic heterocycles. The van der Waals surface area contributed by atoms with Crippen molar-refractivity contribution in [3.63, 3.8) is 0 Å². The predicted molar refractivity (Wildman–Crippen MR) is 84.2 cm³/mol. The van der Waals surface area contributed by atoms with Gasteiger partial charge < -0.3 is 0 Å². The number of aryl methyl sites for hydroxylation is 1. The molecule has 0 saturated heterocycles. The van der Waals surface area contributed by atoms with E-state index in [1.165, 1.54) is 5.56 Å². The highest BCUT2D eigenvalue weighted by atomic mass is 15.4. The second-order valence-electron chi connectivity index (χ2n) is 5.11. The van der Waals surface area contributed by atoms with Gasteiger partial charge in [0, 0.05) is 11.1 Å². The van der Waals surface area contributed by atoms with Crippen molar-refractivity contribution >= 4 is 5.78 Å². The fourth-order valence-electron chi connectivity index (χ4n) is 2.33. The molecule has 0 radical (unpaired) electrons. The Balaban J connectivity index is 1.82. The van der Waals surface area contributed by atoms with Crippen LogP contribution in [0, 0.1) is 6.92 Å². The highest BCUT2D eigenvalue weighted by molar-refractivity contribution is 5.62. The van der Waals surface area contributed by atoms with Gasteiger partial charge in [0.1, 0.15) is 0 Å². The average Bonchev–Trinajstić information content (AvgIpc) is 2.99. The van der Waals surface area contributed by atoms with Gasteiger partial charge in [0.05, 0.1) is 11.9 Å². The van der Waals surface area contributed by atoms with Gasteiger partial charge in [-0.25, -0.2) is 4.98 Å². The smallest absolute Gasteiger partial charge is 0.208 e. The zero-order valence-electron chi connectivity index (χ0n) is 12.0. The van der Waals surface area contributed by atoms with Gasteiger partial charge in [0.2, 0.25) is 0 Å². The SMILES string of the molecule is Cc1ccc(-c2nnc3nc(-c4ccccc4)cnn23)cc1. The molecule has 0 N–H and O–H groups in total. The van der Waals surface area contributed by atoms with Crippen molar-refractivity contribution in [1.29, 1.82) is 0 Å². The molecule has 2 heterocycles. The molecule has 0 atom stereocenters. The van der Waals surface area contributed by atoms with E-state index in [-0.39, 0.29) is 0 Å². The normalized spacial score (nSPS) is 11.0. The fraction of sp³-hybridized carbons (Fsp3) is 0.0588. The van der Waals surface area contributed by atoms with Gasteiger partial charge in [0.15, 0.2) is 5.82 Å². The fourth-order valence-corrected chi connectivity index (χ4v) is 2.33. The minimum Gasteiger partial charge on any atom is -0.208 e. The van der Waals surface area contributed by atoms with Crippen LogP contribution in [0.15, 0.2) is 60.8 Å². The van der Waals surface area contributed by atoms with Crippen LogP contribution in [0.2, 0.25) is 0 Å². The summed E-state index contributed by atoms with van der Waals surface area (Å²) in [6.45, 7) is 2.05. The molecule has 4 aromatic rings. The van der Waals surface area contributed by atoms with Crippen LogP contribution in [0.3, 0.4) is 0 Å². The first-order valence-electron chi connectivity index (χ1n) is 7.02. The third-order valence-corrected chi connectivity index (χ3v) is 3.52. The van der Waals surface area contributed by atoms with Crippen LogP contribution in [0.25, 0.3) is 28.4 Å². The van der Waals surface area contributed by atoms with Crippen LogP contribution < -0.4 is 0 Å². The van der Waals surface area contributed by atoms with Crippen LogP contribution in [0.5, 0.6) is 0 Å². The Bertz CT molecular complexity index is 926. The van der Waals surface area contributed by atoms with Crippen molar-refractivity contribution in [2.75, 3.05) is 0 Å². The van der Waals surface area contributed by atoms with Crippen LogP contribution in [-0.4, -0.2) is 24.8 Å². The van der Waals surface area contributed by atoms with Crippen molar-refractivity contribution in [2.24, 2.45) is 0 Å².